The number of amides is 3. The second-order valence-corrected chi connectivity index (χ2v) is 20.8. The smallest absolute Gasteiger partial charge is 0.337 e. The van der Waals surface area contributed by atoms with Gasteiger partial charge >= 0.3 is 5.97 Å². The number of nitrogens with two attached hydrogens (primary N) is 1. The summed E-state index contributed by atoms with van der Waals surface area (Å²) in [5.74, 6) is -3.69. The topological polar surface area (TPSA) is 185 Å². The fourth-order valence-electron chi connectivity index (χ4n) is 6.14. The summed E-state index contributed by atoms with van der Waals surface area (Å²) in [4.78, 5) is 72.3. The number of benzene rings is 6. The molecule has 0 unspecified atom stereocenters. The van der Waals surface area contributed by atoms with Crippen LogP contribution in [0.1, 0.15) is 105 Å². The Labute approximate surface area is 479 Å². The van der Waals surface area contributed by atoms with Crippen LogP contribution in [0.25, 0.3) is 0 Å². The number of aromatic carboxylic acids is 1. The van der Waals surface area contributed by atoms with E-state index in [0.717, 1.165) is 26.1 Å². The number of rotatable bonds is 13. The first-order chi connectivity index (χ1) is 34.6. The maximum absolute atomic E-state index is 14.4. The van der Waals surface area contributed by atoms with Gasteiger partial charge in [-0.2, -0.15) is 0 Å². The number of Topliss-reactive ketones (excluding diaryl/α,β-unsaturated/α-hetero) is 2. The average Bonchev–Trinajstić information content (AvgIpc) is 3.33. The van der Waals surface area contributed by atoms with Gasteiger partial charge < -0.3 is 26.8 Å². The van der Waals surface area contributed by atoms with E-state index in [0.29, 0.717) is 25.2 Å². The van der Waals surface area contributed by atoms with E-state index in [2.05, 4.69) is 47.8 Å². The monoisotopic (exact) mass is 1390 g/mol. The van der Waals surface area contributed by atoms with Crippen LogP contribution in [0.4, 0.5) is 20.2 Å². The van der Waals surface area contributed by atoms with Gasteiger partial charge in [-0.15, -0.1) is 0 Å². The van der Waals surface area contributed by atoms with Gasteiger partial charge in [0.1, 0.15) is 11.6 Å². The zero-order chi connectivity index (χ0) is 55.5. The van der Waals surface area contributed by atoms with Crippen molar-refractivity contribution in [3.63, 3.8) is 0 Å². The molecule has 73 heavy (non-hydrogen) atoms. The average molecular weight is 1390 g/mol. The van der Waals surface area contributed by atoms with Crippen LogP contribution in [-0.4, -0.2) is 51.4 Å². The van der Waals surface area contributed by atoms with Crippen molar-refractivity contribution >= 4 is 110 Å². The molecule has 0 fully saturated rings. The van der Waals surface area contributed by atoms with Gasteiger partial charge in [-0.25, -0.2) is 13.6 Å². The number of ketones is 2. The summed E-state index contributed by atoms with van der Waals surface area (Å²) in [6.45, 7) is 11.4. The molecule has 381 valence electrons. The molecule has 6 aromatic rings. The van der Waals surface area contributed by atoms with Gasteiger partial charge in [0.25, 0.3) is 5.91 Å². The van der Waals surface area contributed by atoms with Crippen LogP contribution in [0, 0.1) is 53.6 Å². The van der Waals surface area contributed by atoms with Crippen LogP contribution in [-0.2, 0) is 35.5 Å². The summed E-state index contributed by atoms with van der Waals surface area (Å²) < 4.78 is 41.2. The third-order valence-corrected chi connectivity index (χ3v) is 11.9. The zero-order valence-corrected chi connectivity index (χ0v) is 49.5. The van der Waals surface area contributed by atoms with Crippen molar-refractivity contribution in [3.8, 4) is 0 Å². The minimum Gasteiger partial charge on any atom is -0.478 e. The second kappa shape index (κ2) is 29.1. The number of carboxylic acid groups (broad SMARTS) is 1. The molecule has 6 aromatic carbocycles. The number of nitrogen functional groups attached to an aromatic ring is 1. The molecule has 11 nitrogen and oxygen atoms in total. The molecule has 0 bridgehead atoms. The van der Waals surface area contributed by atoms with Crippen LogP contribution in [0.3, 0.4) is 0 Å². The van der Waals surface area contributed by atoms with Gasteiger partial charge in [0.2, 0.25) is 11.8 Å². The molecule has 0 aromatic heterocycles. The minimum absolute atomic E-state index is 0. The van der Waals surface area contributed by atoms with E-state index in [-0.39, 0.29) is 113 Å². The molecule has 0 aliphatic rings. The van der Waals surface area contributed by atoms with E-state index in [1.165, 1.54) is 42.5 Å². The molecule has 0 saturated carbocycles. The largest absolute Gasteiger partial charge is 0.478 e. The number of hydrogen-bond acceptors (Lipinski definition) is 7. The molecular formula is C54H54BBr2Cl2F2N4O7U. The first-order valence-corrected chi connectivity index (χ1v) is 24.1. The second-order valence-electron chi connectivity index (χ2n) is 18.1. The minimum atomic E-state index is -1.08. The third kappa shape index (κ3) is 20.6. The van der Waals surface area contributed by atoms with Gasteiger partial charge in [-0.1, -0.05) is 133 Å². The van der Waals surface area contributed by atoms with Crippen molar-refractivity contribution in [1.82, 2.24) is 10.6 Å². The number of hydrogen-bond donors (Lipinski definition) is 5. The Bertz CT molecular complexity index is 2970. The number of nitrogens with one attached hydrogen (secondary N) is 3. The summed E-state index contributed by atoms with van der Waals surface area (Å²) in [7, 11) is 0.500. The fraction of sp³-hybridized carbons (Fsp3) is 0.222. The molecule has 3 amide bonds. The number of carbonyl (C=O) groups is 6. The van der Waals surface area contributed by atoms with Crippen molar-refractivity contribution in [2.24, 2.45) is 10.8 Å². The summed E-state index contributed by atoms with van der Waals surface area (Å²) in [5, 5.41) is 17.6. The van der Waals surface area contributed by atoms with Crippen LogP contribution < -0.4 is 21.7 Å². The molecule has 19 heteroatoms. The van der Waals surface area contributed by atoms with Crippen molar-refractivity contribution in [2.75, 3.05) is 11.1 Å². The Balaban J connectivity index is 0.000000406. The number of anilines is 2. The van der Waals surface area contributed by atoms with Crippen molar-refractivity contribution in [3.05, 3.63) is 196 Å². The molecule has 0 atom stereocenters. The normalized spacial score (nSPS) is 10.8. The first kappa shape index (κ1) is 60.4. The first-order valence-electron chi connectivity index (χ1n) is 22.9. The molecule has 0 aliphatic heterocycles. The Hall–Kier alpha value is -5.14. The van der Waals surface area contributed by atoms with Crippen LogP contribution in [0.5, 0.6) is 0 Å². The van der Waals surface area contributed by atoms with Gasteiger partial charge in [-0.3, -0.25) is 24.0 Å². The van der Waals surface area contributed by atoms with E-state index in [1.54, 1.807) is 36.4 Å². The van der Waals surface area contributed by atoms with Crippen molar-refractivity contribution < 1.29 is 73.8 Å². The van der Waals surface area contributed by atoms with Gasteiger partial charge in [0, 0.05) is 88.2 Å². The van der Waals surface area contributed by atoms with E-state index in [1.807, 2.05) is 77.9 Å². The van der Waals surface area contributed by atoms with E-state index in [4.69, 9.17) is 36.7 Å². The Morgan fingerprint density at radius 2 is 0.973 bits per heavy atom. The van der Waals surface area contributed by atoms with Crippen LogP contribution in [0.15, 0.2) is 130 Å². The Morgan fingerprint density at radius 1 is 0.589 bits per heavy atom. The number of halogens is 6. The molecule has 0 aliphatic carbocycles. The maximum atomic E-state index is 14.4. The number of carbonyl (C=O) groups excluding carboxylic acids is 5. The summed E-state index contributed by atoms with van der Waals surface area (Å²) >= 11 is 18.6. The van der Waals surface area contributed by atoms with Crippen LogP contribution in [0.2, 0.25) is 10.0 Å². The molecule has 1 radical (unpaired) electrons. The molecule has 0 saturated heterocycles. The van der Waals surface area contributed by atoms with Crippen molar-refractivity contribution in [1.29, 1.82) is 2.67 Å². The molecule has 0 heterocycles. The summed E-state index contributed by atoms with van der Waals surface area (Å²) in [6, 6.07) is 31.9. The quantitative estimate of drug-likeness (QED) is 0.0430. The predicted octanol–water partition coefficient (Wildman–Crippen LogP) is 12.0. The molecule has 0 spiro atoms. The molecular weight excluding hydrogens is 1330 g/mol. The molecule has 6 N–H and O–H groups in total. The van der Waals surface area contributed by atoms with Crippen molar-refractivity contribution in [2.45, 2.75) is 67.5 Å². The third-order valence-electron chi connectivity index (χ3n) is 10.2. The Kier molecular flexibility index (Phi) is 24.1. The van der Waals surface area contributed by atoms with Gasteiger partial charge in [0.05, 0.1) is 40.6 Å². The summed E-state index contributed by atoms with van der Waals surface area (Å²) in [6.07, 6.45) is 0.184. The zero-order valence-electron chi connectivity index (χ0n) is 42.7. The van der Waals surface area contributed by atoms with E-state index in [9.17, 15) is 37.5 Å². The van der Waals surface area contributed by atoms with Gasteiger partial charge in [0.15, 0.2) is 11.6 Å². The SMILES string of the molecule is CC(C)(C)C(=O)NCc1ccc(Cl)c(C(=O)Nc2ccc(F)c(C(=O)Cc3ccc(Br)cc3)c2)c1.CC(C)(C)C(=O)NCc1ccc(Cl)c(C(=O)O)c1.Nc1ccc(F)c(C(=O)Cc2ccc(Br)cc2)c1.[3H][B][3H].[U]. The molecule has 6 rings (SSSR count). The number of carboxylic acids is 1. The Morgan fingerprint density at radius 3 is 1.40 bits per heavy atom. The fourth-order valence-corrected chi connectivity index (χ4v) is 7.07. The van der Waals surface area contributed by atoms with Gasteiger partial charge in [-0.05, 0) is 110 Å². The maximum Gasteiger partial charge on any atom is 0.337 e. The van der Waals surface area contributed by atoms with E-state index < -0.39 is 40.1 Å². The van der Waals surface area contributed by atoms with E-state index >= 15 is 0 Å². The predicted molar refractivity (Wildman–Crippen MR) is 291 cm³/mol. The summed E-state index contributed by atoms with van der Waals surface area (Å²) in [5.41, 5.74) is 8.33. The standard InChI is InChI=1S/C27H25BrClFN2O3.C14H11BrFNO.C13H16ClNO3.BH2.U/c1-27(2,3)26(35)31-15-17-6-10-22(29)20(12-17)25(34)32-19-9-11-23(30)21(14-19)24(33)13-16-4-7-18(28)8-5-16;15-10-3-1-9(2-4-10)7-14(18)12-8-11(17)5-6-13(12)16;1-13(2,3)12(18)15-7-8-4-5-10(14)9(6-8)11(16)17;;/h4-12,14H,13,15H2,1-3H3,(H,31,35)(H,32,34);1-6,8H,7,17H2;4-6H,7H2,1-3H3,(H,15,18)(H,16,17);1H2;/i;;;1T2;. The van der Waals surface area contributed by atoms with Crippen LogP contribution >= 0.6 is 55.1 Å².